The zero-order valence-electron chi connectivity index (χ0n) is 14.3. The van der Waals surface area contributed by atoms with Crippen molar-refractivity contribution in [1.29, 1.82) is 0 Å². The summed E-state index contributed by atoms with van der Waals surface area (Å²) in [6.45, 7) is 0. The summed E-state index contributed by atoms with van der Waals surface area (Å²) in [6.07, 6.45) is 6.22. The molecule has 8 heteroatoms. The van der Waals surface area contributed by atoms with Crippen molar-refractivity contribution >= 4 is 27.6 Å². The predicted molar refractivity (Wildman–Crippen MR) is 99.5 cm³/mol. The Kier molecular flexibility index (Phi) is 7.64. The second kappa shape index (κ2) is 9.50. The molecule has 0 unspecified atom stereocenters. The maximum atomic E-state index is 12.5. The van der Waals surface area contributed by atoms with Crippen molar-refractivity contribution in [3.63, 3.8) is 0 Å². The quantitative estimate of drug-likeness (QED) is 0.436. The Morgan fingerprint density at radius 1 is 1.23 bits per heavy atom. The molecule has 6 nitrogen and oxygen atoms in total. The minimum Gasteiger partial charge on any atom is -0.481 e. The monoisotopic (exact) mass is 401 g/mol. The third kappa shape index (κ3) is 6.09. The van der Waals surface area contributed by atoms with Crippen molar-refractivity contribution in [1.82, 2.24) is 4.72 Å². The van der Waals surface area contributed by atoms with Crippen LogP contribution in [0.25, 0.3) is 0 Å². The molecule has 2 rings (SSSR count). The number of unbranched alkanes of at least 4 members (excludes halogenated alkanes) is 1. The Balaban J connectivity index is 1.94. The van der Waals surface area contributed by atoms with Crippen molar-refractivity contribution in [3.8, 4) is 0 Å². The van der Waals surface area contributed by atoms with Crippen molar-refractivity contribution < 1.29 is 23.4 Å². The van der Waals surface area contributed by atoms with Crippen LogP contribution in [0, 0.1) is 5.92 Å². The largest absolute Gasteiger partial charge is 0.481 e. The van der Waals surface area contributed by atoms with E-state index in [9.17, 15) is 18.3 Å². The number of rotatable bonds is 9. The van der Waals surface area contributed by atoms with E-state index in [2.05, 4.69) is 4.72 Å². The Bertz CT molecular complexity index is 732. The van der Waals surface area contributed by atoms with Gasteiger partial charge in [0.05, 0.1) is 11.0 Å². The number of nitrogens with one attached hydrogen (secondary N) is 1. The molecule has 0 saturated heterocycles. The molecule has 1 aliphatic rings. The highest BCUT2D eigenvalue weighted by Gasteiger charge is 2.36. The lowest BCUT2D eigenvalue weighted by molar-refractivity contribution is -0.137. The molecular weight excluding hydrogens is 378 g/mol. The number of carboxylic acids is 1. The Hall–Kier alpha value is -1.41. The van der Waals surface area contributed by atoms with Gasteiger partial charge >= 0.3 is 5.97 Å². The summed E-state index contributed by atoms with van der Waals surface area (Å²) < 4.78 is 27.7. The molecule has 3 N–H and O–H groups in total. The predicted octanol–water partition coefficient (Wildman–Crippen LogP) is 2.96. The minimum absolute atomic E-state index is 0.125. The average molecular weight is 402 g/mol. The van der Waals surface area contributed by atoms with Gasteiger partial charge in [-0.05, 0) is 56.4 Å². The first-order valence-electron chi connectivity index (χ1n) is 8.62. The zero-order valence-corrected chi connectivity index (χ0v) is 15.9. The lowest BCUT2D eigenvalue weighted by Crippen LogP contribution is -2.39. The molecular formula is C18H24ClNO5S. The van der Waals surface area contributed by atoms with Gasteiger partial charge in [0.15, 0.2) is 0 Å². The SMILES string of the molecule is O=C(O)CCC/C=C\C[C@@H]1[C@H](O)CC[C@H]1NS(=O)(=O)c1ccc(Cl)cc1. The van der Waals surface area contributed by atoms with Gasteiger partial charge in [0.25, 0.3) is 0 Å². The molecule has 0 radical (unpaired) electrons. The molecule has 26 heavy (non-hydrogen) atoms. The number of sulfonamides is 1. The lowest BCUT2D eigenvalue weighted by Gasteiger charge is -2.22. The highest BCUT2D eigenvalue weighted by molar-refractivity contribution is 7.89. The molecule has 3 atom stereocenters. The van der Waals surface area contributed by atoms with E-state index in [4.69, 9.17) is 16.7 Å². The first-order valence-corrected chi connectivity index (χ1v) is 10.5. The van der Waals surface area contributed by atoms with Crippen LogP contribution in [0.15, 0.2) is 41.3 Å². The number of hydrogen-bond donors (Lipinski definition) is 3. The van der Waals surface area contributed by atoms with Crippen LogP contribution >= 0.6 is 11.6 Å². The number of hydrogen-bond acceptors (Lipinski definition) is 4. The van der Waals surface area contributed by atoms with E-state index in [1.54, 1.807) is 0 Å². The van der Waals surface area contributed by atoms with Crippen molar-refractivity contribution in [2.45, 2.75) is 55.6 Å². The number of carbonyl (C=O) groups is 1. The van der Waals surface area contributed by atoms with Crippen molar-refractivity contribution in [3.05, 3.63) is 41.4 Å². The van der Waals surface area contributed by atoms with Crippen LogP contribution in [0.5, 0.6) is 0 Å². The zero-order chi connectivity index (χ0) is 19.2. The van der Waals surface area contributed by atoms with Crippen LogP contribution in [0.4, 0.5) is 0 Å². The van der Waals surface area contributed by atoms with Crippen LogP contribution in [0.2, 0.25) is 5.02 Å². The average Bonchev–Trinajstić information content (AvgIpc) is 2.90. The van der Waals surface area contributed by atoms with Crippen LogP contribution in [0.3, 0.4) is 0 Å². The second-order valence-corrected chi connectivity index (χ2v) is 8.63. The molecule has 0 aromatic heterocycles. The number of aliphatic carboxylic acids is 1. The lowest BCUT2D eigenvalue weighted by atomic mass is 9.98. The molecule has 0 aliphatic heterocycles. The van der Waals surface area contributed by atoms with E-state index in [0.29, 0.717) is 37.1 Å². The molecule has 1 aromatic rings. The molecule has 0 amide bonds. The second-order valence-electron chi connectivity index (χ2n) is 6.48. The van der Waals surface area contributed by atoms with Crippen molar-refractivity contribution in [2.75, 3.05) is 0 Å². The van der Waals surface area contributed by atoms with Gasteiger partial charge in [0.2, 0.25) is 10.0 Å². The summed E-state index contributed by atoms with van der Waals surface area (Å²) in [7, 11) is -3.67. The fraction of sp³-hybridized carbons (Fsp3) is 0.500. The van der Waals surface area contributed by atoms with Crippen LogP contribution in [-0.2, 0) is 14.8 Å². The Morgan fingerprint density at radius 3 is 2.58 bits per heavy atom. The molecule has 1 fully saturated rings. The first kappa shape index (κ1) is 20.9. The van der Waals surface area contributed by atoms with Crippen molar-refractivity contribution in [2.24, 2.45) is 5.92 Å². The highest BCUT2D eigenvalue weighted by Crippen LogP contribution is 2.30. The Morgan fingerprint density at radius 2 is 1.92 bits per heavy atom. The fourth-order valence-corrected chi connectivity index (χ4v) is 4.59. The molecule has 0 spiro atoms. The molecule has 0 bridgehead atoms. The summed E-state index contributed by atoms with van der Waals surface area (Å²) in [6, 6.07) is 5.61. The fourth-order valence-electron chi connectivity index (χ4n) is 3.14. The highest BCUT2D eigenvalue weighted by atomic mass is 35.5. The Labute approximate surface area is 158 Å². The number of allylic oxidation sites excluding steroid dienone is 2. The number of benzene rings is 1. The number of aliphatic hydroxyl groups excluding tert-OH is 1. The summed E-state index contributed by atoms with van der Waals surface area (Å²) in [5.41, 5.74) is 0. The number of aliphatic hydroxyl groups is 1. The van der Waals surface area contributed by atoms with E-state index in [-0.39, 0.29) is 23.3 Å². The third-order valence-corrected chi connectivity index (χ3v) is 6.31. The van der Waals surface area contributed by atoms with E-state index in [1.165, 1.54) is 24.3 Å². The molecule has 1 aromatic carbocycles. The summed E-state index contributed by atoms with van der Waals surface area (Å²) >= 11 is 5.80. The maximum Gasteiger partial charge on any atom is 0.303 e. The van der Waals surface area contributed by atoms with Gasteiger partial charge < -0.3 is 10.2 Å². The minimum atomic E-state index is -3.67. The normalized spacial score (nSPS) is 23.5. The summed E-state index contributed by atoms with van der Waals surface area (Å²) in [5.74, 6) is -1.02. The van der Waals surface area contributed by atoms with E-state index in [0.717, 1.165) is 0 Å². The smallest absolute Gasteiger partial charge is 0.303 e. The van der Waals surface area contributed by atoms with E-state index in [1.807, 2.05) is 12.2 Å². The van der Waals surface area contributed by atoms with Gasteiger partial charge in [0, 0.05) is 23.4 Å². The van der Waals surface area contributed by atoms with Gasteiger partial charge in [-0.1, -0.05) is 23.8 Å². The van der Waals surface area contributed by atoms with Gasteiger partial charge in [0.1, 0.15) is 0 Å². The summed E-state index contributed by atoms with van der Waals surface area (Å²) in [5, 5.41) is 19.2. The van der Waals surface area contributed by atoms with Crippen LogP contribution in [-0.4, -0.2) is 36.7 Å². The molecule has 1 saturated carbocycles. The van der Waals surface area contributed by atoms with E-state index < -0.39 is 22.1 Å². The number of halogens is 1. The topological polar surface area (TPSA) is 104 Å². The number of carboxylic acid groups (broad SMARTS) is 1. The summed E-state index contributed by atoms with van der Waals surface area (Å²) in [4.78, 5) is 10.6. The van der Waals surface area contributed by atoms with Gasteiger partial charge in [-0.15, -0.1) is 0 Å². The molecule has 0 heterocycles. The standard InChI is InChI=1S/C18H24ClNO5S/c19-13-7-9-14(10-8-13)26(24,25)20-16-11-12-17(21)15(16)5-3-1-2-4-6-18(22)23/h1,3,7-10,15-17,20-21H,2,4-6,11-12H2,(H,22,23)/b3-1-/t15-,16+,17+/m0/s1. The maximum absolute atomic E-state index is 12.5. The third-order valence-electron chi connectivity index (χ3n) is 4.55. The van der Waals surface area contributed by atoms with Crippen LogP contribution < -0.4 is 4.72 Å². The molecule has 1 aliphatic carbocycles. The van der Waals surface area contributed by atoms with Gasteiger partial charge in [-0.3, -0.25) is 4.79 Å². The first-order chi connectivity index (χ1) is 12.3. The van der Waals surface area contributed by atoms with Crippen LogP contribution in [0.1, 0.15) is 38.5 Å². The molecule has 144 valence electrons. The van der Waals surface area contributed by atoms with E-state index >= 15 is 0 Å². The van der Waals surface area contributed by atoms with Gasteiger partial charge in [-0.2, -0.15) is 0 Å². The van der Waals surface area contributed by atoms with Gasteiger partial charge in [-0.25, -0.2) is 13.1 Å².